The number of nitrogens with one attached hydrogen (secondary N) is 2. The van der Waals surface area contributed by atoms with Gasteiger partial charge in [0.05, 0.1) is 109 Å². The number of benzene rings is 4. The summed E-state index contributed by atoms with van der Waals surface area (Å²) in [6.45, 7) is 17.4. The monoisotopic (exact) mass is 1170 g/mol. The zero-order valence-electron chi connectivity index (χ0n) is 49.2. The Balaban J connectivity index is 0.000000680. The topological polar surface area (TPSA) is 203 Å². The van der Waals surface area contributed by atoms with Crippen LogP contribution in [-0.2, 0) is 61.8 Å². The number of aryl methyl sites for hydroxylation is 2. The summed E-state index contributed by atoms with van der Waals surface area (Å²) < 4.78 is 83.1. The fourth-order valence-electron chi connectivity index (χ4n) is 8.17. The zero-order chi connectivity index (χ0) is 60.6. The molecule has 0 unspecified atom stereocenters. The molecule has 20 heteroatoms. The van der Waals surface area contributed by atoms with E-state index in [4.69, 9.17) is 43.0 Å². The number of anilines is 2. The maximum atomic E-state index is 13.7. The molecule has 0 spiro atoms. The highest BCUT2D eigenvalue weighted by Gasteiger charge is 2.30. The number of carbonyl (C=O) groups is 4. The van der Waals surface area contributed by atoms with Gasteiger partial charge in [0.25, 0.3) is 11.8 Å². The summed E-state index contributed by atoms with van der Waals surface area (Å²) in [6.07, 6.45) is 1.83. The van der Waals surface area contributed by atoms with Crippen molar-refractivity contribution in [2.24, 2.45) is 0 Å². The van der Waals surface area contributed by atoms with Gasteiger partial charge in [0.15, 0.2) is 5.78 Å². The molecule has 17 nitrogen and oxygen atoms in total. The first-order valence-corrected chi connectivity index (χ1v) is 28.9. The van der Waals surface area contributed by atoms with Crippen LogP contribution in [0.3, 0.4) is 0 Å². The minimum atomic E-state index is -4.49. The average Bonchev–Trinajstić information content (AvgIpc) is 3.60. The minimum Gasteiger partial charge on any atom is -0.481 e. The first-order chi connectivity index (χ1) is 40.7. The molecule has 3 N–H and O–H groups in total. The Labute approximate surface area is 492 Å². The maximum absolute atomic E-state index is 13.7. The molecule has 0 saturated heterocycles. The molecule has 0 aliphatic carbocycles. The Morgan fingerprint density at radius 1 is 0.548 bits per heavy atom. The number of halogens is 3. The van der Waals surface area contributed by atoms with Crippen molar-refractivity contribution < 1.29 is 75.4 Å². The third-order valence-corrected chi connectivity index (χ3v) is 12.7. The quantitative estimate of drug-likeness (QED) is 0.0246. The van der Waals surface area contributed by atoms with Gasteiger partial charge in [0, 0.05) is 80.0 Å². The molecule has 1 heterocycles. The second kappa shape index (κ2) is 41.4. The molecule has 460 valence electrons. The van der Waals surface area contributed by atoms with Gasteiger partial charge in [-0.15, -0.1) is 0 Å². The van der Waals surface area contributed by atoms with E-state index >= 15 is 0 Å². The molecule has 0 aliphatic heterocycles. The number of nitrogens with zero attached hydrogens (tertiary/aromatic N) is 2. The number of ketones is 1. The van der Waals surface area contributed by atoms with Crippen LogP contribution in [0.1, 0.15) is 113 Å². The molecule has 84 heavy (non-hydrogen) atoms. The van der Waals surface area contributed by atoms with Crippen LogP contribution < -0.4 is 15.5 Å². The van der Waals surface area contributed by atoms with Crippen LogP contribution in [0.25, 0.3) is 11.3 Å². The van der Waals surface area contributed by atoms with Gasteiger partial charge >= 0.3 is 12.1 Å². The summed E-state index contributed by atoms with van der Waals surface area (Å²) in [4.78, 5) is 56.1. The van der Waals surface area contributed by atoms with Gasteiger partial charge in [-0.1, -0.05) is 61.4 Å². The van der Waals surface area contributed by atoms with Gasteiger partial charge in [0.2, 0.25) is 0 Å². The third kappa shape index (κ3) is 28.8. The van der Waals surface area contributed by atoms with E-state index in [2.05, 4.69) is 27.4 Å². The maximum Gasteiger partial charge on any atom is 0.416 e. The molecule has 0 saturated carbocycles. The van der Waals surface area contributed by atoms with Crippen molar-refractivity contribution in [1.82, 2.24) is 10.3 Å². The number of aliphatic carboxylic acids is 1. The lowest BCUT2D eigenvalue weighted by Crippen LogP contribution is -2.23. The summed E-state index contributed by atoms with van der Waals surface area (Å²) in [5, 5.41) is 14.1. The number of unbranched alkanes of at least 4 members (excludes halogenated alkanes) is 1. The second-order valence-corrected chi connectivity index (χ2v) is 19.3. The Morgan fingerprint density at radius 2 is 1.10 bits per heavy atom. The molecule has 4 aromatic carbocycles. The van der Waals surface area contributed by atoms with E-state index in [1.807, 2.05) is 81.4 Å². The summed E-state index contributed by atoms with van der Waals surface area (Å²) in [6, 6.07) is 28.7. The number of amides is 2. The van der Waals surface area contributed by atoms with E-state index in [9.17, 15) is 32.3 Å². The Bertz CT molecular complexity index is 2690. The van der Waals surface area contributed by atoms with E-state index in [1.54, 1.807) is 12.1 Å². The molecule has 0 fully saturated rings. The number of Topliss-reactive ketones (excluding diaryl/α,β-unsaturated/α-hetero) is 1. The number of pyridine rings is 1. The summed E-state index contributed by atoms with van der Waals surface area (Å²) in [7, 11) is 0. The fraction of sp³-hybridized carbons (Fsp3) is 0.484. The number of rotatable bonds is 42. The van der Waals surface area contributed by atoms with Gasteiger partial charge < -0.3 is 58.5 Å². The van der Waals surface area contributed by atoms with E-state index in [1.165, 1.54) is 24.4 Å². The lowest BCUT2D eigenvalue weighted by Gasteiger charge is -2.23. The highest BCUT2D eigenvalue weighted by molar-refractivity contribution is 6.06. The highest BCUT2D eigenvalue weighted by Crippen LogP contribution is 2.33. The second-order valence-electron chi connectivity index (χ2n) is 19.3. The Hall–Kier alpha value is -6.62. The number of alkyl halides is 3. The molecule has 0 atom stereocenters. The number of carboxylic acid groups (broad SMARTS) is 1. The van der Waals surface area contributed by atoms with Gasteiger partial charge in [-0.25, -0.2) is 0 Å². The van der Waals surface area contributed by atoms with Crippen LogP contribution in [0.4, 0.5) is 24.5 Å². The van der Waals surface area contributed by atoms with Crippen molar-refractivity contribution in [2.75, 3.05) is 129 Å². The molecule has 0 bridgehead atoms. The summed E-state index contributed by atoms with van der Waals surface area (Å²) >= 11 is 0. The molecule has 5 rings (SSSR count). The highest BCUT2D eigenvalue weighted by atomic mass is 19.4. The molecular formula is C64H85F3N4O13. The van der Waals surface area contributed by atoms with Crippen LogP contribution >= 0.6 is 0 Å². The predicted octanol–water partition coefficient (Wildman–Crippen LogP) is 11.1. The molecular weight excluding hydrogens is 1090 g/mol. The van der Waals surface area contributed by atoms with E-state index in [-0.39, 0.29) is 36.8 Å². The average molecular weight is 1180 g/mol. The van der Waals surface area contributed by atoms with Crippen molar-refractivity contribution in [3.8, 4) is 11.3 Å². The standard InChI is InChI=1S/C51H59F3N4O7.C13H26O6/c1-4-58(5-2)44-19-20-46(45(35-44)47-34-42(21-22-55-47)49(60)56-36-39-13-8-17-43(33-39)51(52,53)54)57-50(61)41-16-7-12-38(32-41)14-9-23-62-25-27-64-29-30-65-28-26-63-24-10-18-48(59)40-15-6-11-37(3)31-40;1-2-3-5-16-7-9-18-11-12-19-10-8-17-6-4-13(14)15/h6-8,11-13,15-17,19-22,31-35H,4-5,9-10,14,18,23-30,36H2,1-3H3,(H,56,60)(H,57,61);2-12H2,1H3,(H,14,15). The van der Waals surface area contributed by atoms with E-state index < -0.39 is 23.6 Å². The zero-order valence-corrected chi connectivity index (χ0v) is 49.2. The molecule has 2 amide bonds. The van der Waals surface area contributed by atoms with Gasteiger partial charge in [0.1, 0.15) is 0 Å². The Kier molecular flexibility index (Phi) is 34.4. The van der Waals surface area contributed by atoms with Crippen LogP contribution in [-0.4, -0.2) is 152 Å². The van der Waals surface area contributed by atoms with Crippen molar-refractivity contribution >= 4 is 34.9 Å². The molecule has 1 aromatic heterocycles. The number of hydrogen-bond donors (Lipinski definition) is 3. The number of carbonyl (C=O) groups excluding carboxylic acids is 3. The largest absolute Gasteiger partial charge is 0.481 e. The third-order valence-electron chi connectivity index (χ3n) is 12.7. The SMILES string of the molecule is CCCCOCCOCCOCCOCCC(=O)O.CCN(CC)c1ccc(NC(=O)c2cccc(CCCOCCOCCOCCOCCCC(=O)c3cccc(C)c3)c2)c(-c2cc(C(=O)NCc3cccc(C(F)(F)F)c3)ccn2)c1. The van der Waals surface area contributed by atoms with Crippen LogP contribution in [0.2, 0.25) is 0 Å². The lowest BCUT2D eigenvalue weighted by molar-refractivity contribution is -0.139. The number of aromatic nitrogens is 1. The molecule has 0 radical (unpaired) electrons. The van der Waals surface area contributed by atoms with Crippen molar-refractivity contribution in [2.45, 2.75) is 85.4 Å². The normalized spacial score (nSPS) is 11.2. The van der Waals surface area contributed by atoms with Crippen LogP contribution in [0, 0.1) is 6.92 Å². The minimum absolute atomic E-state index is 0.0289. The number of hydrogen-bond acceptors (Lipinski definition) is 14. The van der Waals surface area contributed by atoms with Crippen molar-refractivity contribution in [3.63, 3.8) is 0 Å². The number of carboxylic acids is 1. The predicted molar refractivity (Wildman–Crippen MR) is 317 cm³/mol. The first kappa shape index (κ1) is 69.9. The number of ether oxygens (including phenoxy) is 8. The van der Waals surface area contributed by atoms with E-state index in [0.717, 1.165) is 73.5 Å². The van der Waals surface area contributed by atoms with Crippen LogP contribution in [0.15, 0.2) is 109 Å². The van der Waals surface area contributed by atoms with Crippen molar-refractivity contribution in [1.29, 1.82) is 0 Å². The van der Waals surface area contributed by atoms with Gasteiger partial charge in [-0.05, 0) is 118 Å². The summed E-state index contributed by atoms with van der Waals surface area (Å²) in [5.41, 5.74) is 5.50. The van der Waals surface area contributed by atoms with E-state index in [0.29, 0.717) is 140 Å². The Morgan fingerprint density at radius 3 is 1.69 bits per heavy atom. The first-order valence-electron chi connectivity index (χ1n) is 28.9. The van der Waals surface area contributed by atoms with Gasteiger partial charge in [-0.3, -0.25) is 24.2 Å². The van der Waals surface area contributed by atoms with Crippen molar-refractivity contribution in [3.05, 3.63) is 148 Å². The van der Waals surface area contributed by atoms with Crippen LogP contribution in [0.5, 0.6) is 0 Å². The summed E-state index contributed by atoms with van der Waals surface area (Å²) in [5.74, 6) is -1.52. The van der Waals surface area contributed by atoms with Gasteiger partial charge in [-0.2, -0.15) is 13.2 Å². The molecule has 0 aliphatic rings. The molecule has 5 aromatic rings. The lowest BCUT2D eigenvalue weighted by atomic mass is 10.0. The smallest absolute Gasteiger partial charge is 0.416 e. The fourth-order valence-corrected chi connectivity index (χ4v) is 8.17.